The van der Waals surface area contributed by atoms with Crippen molar-refractivity contribution in [1.82, 2.24) is 25.1 Å². The Morgan fingerprint density at radius 3 is 2.59 bits per heavy atom. The van der Waals surface area contributed by atoms with Crippen molar-refractivity contribution in [2.45, 2.75) is 44.4 Å². The molecule has 1 fully saturated rings. The van der Waals surface area contributed by atoms with Gasteiger partial charge in [0.2, 0.25) is 0 Å². The second kappa shape index (κ2) is 11.0. The molecule has 180 valence electrons. The van der Waals surface area contributed by atoms with Gasteiger partial charge in [0.25, 0.3) is 5.91 Å². The number of benzene rings is 1. The van der Waals surface area contributed by atoms with Crippen LogP contribution in [0.2, 0.25) is 0 Å². The Bertz CT molecular complexity index is 1100. The van der Waals surface area contributed by atoms with Crippen molar-refractivity contribution >= 4 is 11.7 Å². The molecule has 2 heterocycles. The van der Waals surface area contributed by atoms with E-state index < -0.39 is 0 Å². The fourth-order valence-electron chi connectivity index (χ4n) is 4.09. The number of imidazole rings is 1. The quantitative estimate of drug-likeness (QED) is 0.495. The Balaban J connectivity index is 1.55. The van der Waals surface area contributed by atoms with Crippen LogP contribution in [0.15, 0.2) is 43.0 Å². The summed E-state index contributed by atoms with van der Waals surface area (Å²) in [5.74, 6) is 2.09. The Hall–Kier alpha value is -3.66. The molecule has 0 atom stereocenters. The lowest BCUT2D eigenvalue weighted by Crippen LogP contribution is -2.39. The summed E-state index contributed by atoms with van der Waals surface area (Å²) in [7, 11) is 4.95. The van der Waals surface area contributed by atoms with Crippen LogP contribution in [-0.4, -0.2) is 59.1 Å². The summed E-state index contributed by atoms with van der Waals surface area (Å²) in [6.07, 6.45) is 8.90. The molecular weight excluding hydrogens is 436 g/mol. The number of carbonyl (C=O) groups excluding carboxylic acids is 1. The van der Waals surface area contributed by atoms with Crippen molar-refractivity contribution in [2.75, 3.05) is 26.6 Å². The zero-order valence-electron chi connectivity index (χ0n) is 19.7. The van der Waals surface area contributed by atoms with E-state index in [0.717, 1.165) is 31.2 Å². The molecule has 2 aromatic heterocycles. The lowest BCUT2D eigenvalue weighted by molar-refractivity contribution is 0.0599. The lowest BCUT2D eigenvalue weighted by atomic mass is 9.93. The Morgan fingerprint density at radius 2 is 1.91 bits per heavy atom. The van der Waals surface area contributed by atoms with Gasteiger partial charge in [-0.1, -0.05) is 0 Å². The van der Waals surface area contributed by atoms with Gasteiger partial charge in [-0.15, -0.1) is 10.2 Å². The monoisotopic (exact) mass is 466 g/mol. The number of aromatic nitrogens is 4. The van der Waals surface area contributed by atoms with Crippen LogP contribution in [0.3, 0.4) is 0 Å². The Labute approximate surface area is 198 Å². The first-order valence-electron chi connectivity index (χ1n) is 11.3. The summed E-state index contributed by atoms with van der Waals surface area (Å²) >= 11 is 0. The third-order valence-corrected chi connectivity index (χ3v) is 6.08. The maximum atomic E-state index is 13.3. The van der Waals surface area contributed by atoms with Gasteiger partial charge in [0.15, 0.2) is 11.6 Å². The van der Waals surface area contributed by atoms with Crippen LogP contribution in [-0.2, 0) is 11.3 Å². The average molecular weight is 467 g/mol. The van der Waals surface area contributed by atoms with E-state index in [1.807, 2.05) is 18.2 Å². The van der Waals surface area contributed by atoms with Crippen LogP contribution in [0.5, 0.6) is 11.5 Å². The molecule has 0 bridgehead atoms. The molecule has 0 spiro atoms. The van der Waals surface area contributed by atoms with E-state index in [2.05, 4.69) is 25.8 Å². The number of rotatable bonds is 9. The normalized spacial score (nSPS) is 17.7. The highest BCUT2D eigenvalue weighted by molar-refractivity contribution is 5.99. The van der Waals surface area contributed by atoms with E-state index in [-0.39, 0.29) is 18.1 Å². The third-order valence-electron chi connectivity index (χ3n) is 6.08. The molecule has 0 unspecified atom stereocenters. The number of hydrogen-bond donors (Lipinski definition) is 2. The highest BCUT2D eigenvalue weighted by atomic mass is 16.5. The average Bonchev–Trinajstić information content (AvgIpc) is 3.43. The van der Waals surface area contributed by atoms with Crippen LogP contribution in [0.1, 0.15) is 41.6 Å². The summed E-state index contributed by atoms with van der Waals surface area (Å²) in [6, 6.07) is 7.40. The van der Waals surface area contributed by atoms with Gasteiger partial charge < -0.3 is 24.8 Å². The minimum atomic E-state index is -0.193. The van der Waals surface area contributed by atoms with Gasteiger partial charge >= 0.3 is 0 Å². The summed E-state index contributed by atoms with van der Waals surface area (Å²) < 4.78 is 17.9. The molecule has 1 saturated carbocycles. The van der Waals surface area contributed by atoms with Crippen LogP contribution >= 0.6 is 0 Å². The summed E-state index contributed by atoms with van der Waals surface area (Å²) in [5, 5.41) is 15.0. The first-order valence-corrected chi connectivity index (χ1v) is 11.3. The second-order valence-corrected chi connectivity index (χ2v) is 8.15. The Morgan fingerprint density at radius 1 is 1.09 bits per heavy atom. The van der Waals surface area contributed by atoms with E-state index in [1.54, 1.807) is 50.7 Å². The number of ether oxygens (including phenoxy) is 3. The molecule has 2 N–H and O–H groups in total. The standard InChI is InChI=1S/C24H30N6O4/c1-32-18-8-5-17(6-9-18)27-24(31)20-13-22(30-11-10-25-15-30)28-29-23(20)26-14-16-4-7-19(33-2)12-21(16)34-3/h4,7,10-13,15,17-18H,5-6,8-9,14H2,1-3H3,(H,26,29)(H,27,31). The van der Waals surface area contributed by atoms with Gasteiger partial charge in [-0.25, -0.2) is 4.98 Å². The van der Waals surface area contributed by atoms with E-state index in [4.69, 9.17) is 14.2 Å². The molecule has 0 aliphatic heterocycles. The SMILES string of the molecule is COc1ccc(CNc2nnc(-n3ccnc3)cc2C(=O)NC2CCC(OC)CC2)c(OC)c1. The molecule has 1 aliphatic carbocycles. The van der Waals surface area contributed by atoms with E-state index >= 15 is 0 Å². The Kier molecular flexibility index (Phi) is 7.58. The molecule has 1 aromatic carbocycles. The van der Waals surface area contributed by atoms with Gasteiger partial charge in [0, 0.05) is 43.7 Å². The summed E-state index contributed by atoms with van der Waals surface area (Å²) in [4.78, 5) is 17.4. The summed E-state index contributed by atoms with van der Waals surface area (Å²) in [6.45, 7) is 0.394. The molecule has 34 heavy (non-hydrogen) atoms. The third kappa shape index (κ3) is 5.45. The molecule has 1 amide bonds. The number of anilines is 1. The van der Waals surface area contributed by atoms with Crippen molar-refractivity contribution in [2.24, 2.45) is 0 Å². The fraction of sp³-hybridized carbons (Fsp3) is 0.417. The zero-order valence-corrected chi connectivity index (χ0v) is 19.7. The number of nitrogens with zero attached hydrogens (tertiary/aromatic N) is 4. The van der Waals surface area contributed by atoms with Gasteiger partial charge in [-0.3, -0.25) is 9.36 Å². The van der Waals surface area contributed by atoms with Crippen molar-refractivity contribution in [3.63, 3.8) is 0 Å². The molecule has 1 aliphatic rings. The van der Waals surface area contributed by atoms with Crippen LogP contribution in [0.4, 0.5) is 5.82 Å². The van der Waals surface area contributed by atoms with Gasteiger partial charge in [0.1, 0.15) is 17.8 Å². The molecule has 3 aromatic rings. The predicted octanol–water partition coefficient (Wildman–Crippen LogP) is 2.98. The van der Waals surface area contributed by atoms with E-state index in [9.17, 15) is 4.79 Å². The molecular formula is C24H30N6O4. The molecule has 10 heteroatoms. The van der Waals surface area contributed by atoms with Gasteiger partial charge in [-0.2, -0.15) is 0 Å². The first kappa shape index (κ1) is 23.5. The smallest absolute Gasteiger partial charge is 0.255 e. The van der Waals surface area contributed by atoms with Crippen molar-refractivity contribution < 1.29 is 19.0 Å². The van der Waals surface area contributed by atoms with E-state index in [1.165, 1.54) is 0 Å². The lowest BCUT2D eigenvalue weighted by Gasteiger charge is -2.28. The molecule has 0 saturated heterocycles. The van der Waals surface area contributed by atoms with Crippen LogP contribution < -0.4 is 20.1 Å². The predicted molar refractivity (Wildman–Crippen MR) is 127 cm³/mol. The molecule has 4 rings (SSSR count). The molecule has 10 nitrogen and oxygen atoms in total. The number of amides is 1. The number of nitrogens with one attached hydrogen (secondary N) is 2. The highest BCUT2D eigenvalue weighted by Crippen LogP contribution is 2.26. The fourth-order valence-corrected chi connectivity index (χ4v) is 4.09. The minimum Gasteiger partial charge on any atom is -0.497 e. The number of carbonyl (C=O) groups is 1. The number of hydrogen-bond acceptors (Lipinski definition) is 8. The maximum Gasteiger partial charge on any atom is 0.255 e. The van der Waals surface area contributed by atoms with Crippen molar-refractivity contribution in [1.29, 1.82) is 0 Å². The first-order chi connectivity index (χ1) is 16.6. The van der Waals surface area contributed by atoms with Crippen LogP contribution in [0, 0.1) is 0 Å². The number of methoxy groups -OCH3 is 3. The van der Waals surface area contributed by atoms with Crippen LogP contribution in [0.25, 0.3) is 5.82 Å². The van der Waals surface area contributed by atoms with Crippen molar-refractivity contribution in [3.05, 3.63) is 54.1 Å². The van der Waals surface area contributed by atoms with E-state index in [0.29, 0.717) is 35.2 Å². The van der Waals surface area contributed by atoms with Crippen molar-refractivity contribution in [3.8, 4) is 17.3 Å². The summed E-state index contributed by atoms with van der Waals surface area (Å²) in [5.41, 5.74) is 1.31. The van der Waals surface area contributed by atoms with Gasteiger partial charge in [-0.05, 0) is 43.9 Å². The second-order valence-electron chi connectivity index (χ2n) is 8.15. The highest BCUT2D eigenvalue weighted by Gasteiger charge is 2.24. The molecule has 0 radical (unpaired) electrons. The largest absolute Gasteiger partial charge is 0.497 e. The topological polar surface area (TPSA) is 112 Å². The maximum absolute atomic E-state index is 13.3. The zero-order chi connectivity index (χ0) is 23.9. The minimum absolute atomic E-state index is 0.0956. The van der Waals surface area contributed by atoms with Gasteiger partial charge in [0.05, 0.1) is 25.9 Å².